The number of ether oxygens (including phenoxy) is 1. The Kier molecular flexibility index (Phi) is 1.49. The fraction of sp³-hybridized carbons (Fsp3) is 0.417. The van der Waals surface area contributed by atoms with Crippen LogP contribution in [-0.2, 0) is 14.9 Å². The number of phenolic OH excluding ortho intramolecular Hbond substituents is 1. The zero-order valence-corrected chi connectivity index (χ0v) is 9.20. The zero-order chi connectivity index (χ0) is 11.6. The molecule has 4 nitrogen and oxygen atoms in total. The Morgan fingerprint density at radius 1 is 1.44 bits per heavy atom. The van der Waals surface area contributed by atoms with E-state index in [2.05, 4.69) is 5.32 Å². The molecule has 2 heterocycles. The van der Waals surface area contributed by atoms with Crippen LogP contribution in [0.3, 0.4) is 0 Å². The lowest BCUT2D eigenvalue weighted by atomic mass is 9.76. The van der Waals surface area contributed by atoms with Crippen molar-refractivity contribution in [3.8, 4) is 5.75 Å². The van der Waals surface area contributed by atoms with Crippen molar-refractivity contribution in [3.63, 3.8) is 0 Å². The summed E-state index contributed by atoms with van der Waals surface area (Å²) in [5.41, 5.74) is 0.773. The highest BCUT2D eigenvalue weighted by molar-refractivity contribution is 5.81. The van der Waals surface area contributed by atoms with E-state index in [9.17, 15) is 9.90 Å². The number of fused-ring (bicyclic) bond motifs is 3. The van der Waals surface area contributed by atoms with Gasteiger partial charge in [0, 0.05) is 5.69 Å². The van der Waals surface area contributed by atoms with E-state index in [-0.39, 0.29) is 11.7 Å². The normalized spacial score (nSPS) is 35.2. The standard InChI is InChI=1S/C12H13NO3/c1-11-6-10(15)16-12(11,2)13-9-4-3-7(14)5-8(9)11/h3-5,13-14H,6H2,1-2H3. The maximum Gasteiger partial charge on any atom is 0.309 e. The van der Waals surface area contributed by atoms with Crippen molar-refractivity contribution in [2.24, 2.45) is 0 Å². The van der Waals surface area contributed by atoms with Gasteiger partial charge in [-0.05, 0) is 37.6 Å². The summed E-state index contributed by atoms with van der Waals surface area (Å²) in [6.45, 7) is 3.85. The number of hydrogen-bond acceptors (Lipinski definition) is 4. The molecule has 4 heteroatoms. The van der Waals surface area contributed by atoms with Crippen molar-refractivity contribution >= 4 is 11.7 Å². The first kappa shape index (κ1) is 9.51. The van der Waals surface area contributed by atoms with Gasteiger partial charge in [-0.15, -0.1) is 0 Å². The molecule has 0 radical (unpaired) electrons. The Balaban J connectivity index is 2.22. The molecule has 0 bridgehead atoms. The molecule has 16 heavy (non-hydrogen) atoms. The summed E-state index contributed by atoms with van der Waals surface area (Å²) in [6, 6.07) is 5.14. The number of carbonyl (C=O) groups is 1. The van der Waals surface area contributed by atoms with Crippen LogP contribution >= 0.6 is 0 Å². The number of nitrogens with one attached hydrogen (secondary N) is 1. The van der Waals surface area contributed by atoms with Gasteiger partial charge >= 0.3 is 5.97 Å². The van der Waals surface area contributed by atoms with Crippen LogP contribution in [-0.4, -0.2) is 16.8 Å². The predicted octanol–water partition coefficient (Wildman–Crippen LogP) is 1.74. The summed E-state index contributed by atoms with van der Waals surface area (Å²) in [7, 11) is 0. The number of esters is 1. The number of phenols is 1. The minimum Gasteiger partial charge on any atom is -0.508 e. The second kappa shape index (κ2) is 2.51. The molecule has 0 aromatic heterocycles. The molecule has 1 aromatic carbocycles. The number of benzene rings is 1. The van der Waals surface area contributed by atoms with Gasteiger partial charge < -0.3 is 15.2 Å². The third-order valence-corrected chi connectivity index (χ3v) is 3.84. The number of aromatic hydroxyl groups is 1. The molecule has 1 saturated heterocycles. The molecule has 2 aliphatic rings. The highest BCUT2D eigenvalue weighted by Gasteiger charge is 2.60. The Morgan fingerprint density at radius 2 is 2.19 bits per heavy atom. The van der Waals surface area contributed by atoms with E-state index >= 15 is 0 Å². The summed E-state index contributed by atoms with van der Waals surface area (Å²) in [5, 5.41) is 12.7. The number of hydrogen-bond donors (Lipinski definition) is 2. The van der Waals surface area contributed by atoms with E-state index in [0.29, 0.717) is 6.42 Å². The highest BCUT2D eigenvalue weighted by Crippen LogP contribution is 2.54. The van der Waals surface area contributed by atoms with Crippen LogP contribution in [0.2, 0.25) is 0 Å². The van der Waals surface area contributed by atoms with Gasteiger partial charge in [0.15, 0.2) is 5.72 Å². The second-order valence-corrected chi connectivity index (χ2v) is 4.87. The number of carbonyl (C=O) groups excluding carboxylic acids is 1. The molecule has 0 aliphatic carbocycles. The third kappa shape index (κ3) is 0.919. The predicted molar refractivity (Wildman–Crippen MR) is 58.2 cm³/mol. The molecule has 1 aromatic rings. The average molecular weight is 219 g/mol. The van der Waals surface area contributed by atoms with Gasteiger partial charge in [0.05, 0.1) is 11.8 Å². The van der Waals surface area contributed by atoms with Crippen LogP contribution in [0.5, 0.6) is 5.75 Å². The molecule has 2 aliphatic heterocycles. The van der Waals surface area contributed by atoms with Crippen LogP contribution in [0.15, 0.2) is 18.2 Å². The van der Waals surface area contributed by atoms with Crippen LogP contribution in [0.25, 0.3) is 0 Å². The maximum atomic E-state index is 11.4. The lowest BCUT2D eigenvalue weighted by Gasteiger charge is -2.31. The van der Waals surface area contributed by atoms with Gasteiger partial charge in [0.2, 0.25) is 0 Å². The van der Waals surface area contributed by atoms with Gasteiger partial charge in [-0.1, -0.05) is 0 Å². The smallest absolute Gasteiger partial charge is 0.309 e. The zero-order valence-electron chi connectivity index (χ0n) is 9.20. The summed E-state index contributed by atoms with van der Waals surface area (Å²) in [4.78, 5) is 11.4. The molecule has 2 atom stereocenters. The van der Waals surface area contributed by atoms with Gasteiger partial charge in [-0.25, -0.2) is 0 Å². The fourth-order valence-corrected chi connectivity index (χ4v) is 2.70. The van der Waals surface area contributed by atoms with Crippen molar-refractivity contribution in [2.75, 3.05) is 5.32 Å². The van der Waals surface area contributed by atoms with Crippen molar-refractivity contribution < 1.29 is 14.6 Å². The first-order valence-corrected chi connectivity index (χ1v) is 5.28. The summed E-state index contributed by atoms with van der Waals surface area (Å²) in [5.74, 6) is 0.0110. The SMILES string of the molecule is CC12Nc3ccc(O)cc3C1(C)CC(=O)O2. The minimum absolute atomic E-state index is 0.202. The van der Waals surface area contributed by atoms with E-state index in [4.69, 9.17) is 4.74 Å². The Morgan fingerprint density at radius 3 is 2.94 bits per heavy atom. The molecule has 0 saturated carbocycles. The van der Waals surface area contributed by atoms with Crippen LogP contribution < -0.4 is 5.32 Å². The van der Waals surface area contributed by atoms with Crippen molar-refractivity contribution in [1.82, 2.24) is 0 Å². The van der Waals surface area contributed by atoms with E-state index in [1.807, 2.05) is 19.9 Å². The Bertz CT molecular complexity index is 499. The summed E-state index contributed by atoms with van der Waals surface area (Å²) < 4.78 is 5.37. The minimum atomic E-state index is -0.694. The van der Waals surface area contributed by atoms with E-state index in [0.717, 1.165) is 11.3 Å². The quantitative estimate of drug-likeness (QED) is 0.515. The molecular formula is C12H13NO3. The first-order chi connectivity index (χ1) is 7.45. The van der Waals surface area contributed by atoms with Crippen LogP contribution in [0.1, 0.15) is 25.8 Å². The number of rotatable bonds is 0. The van der Waals surface area contributed by atoms with E-state index in [1.165, 1.54) is 0 Å². The lowest BCUT2D eigenvalue weighted by molar-refractivity contribution is -0.145. The Labute approximate surface area is 93.2 Å². The van der Waals surface area contributed by atoms with Gasteiger partial charge in [0.25, 0.3) is 0 Å². The highest BCUT2D eigenvalue weighted by atomic mass is 16.6. The van der Waals surface area contributed by atoms with Gasteiger partial charge in [-0.2, -0.15) is 0 Å². The molecule has 0 amide bonds. The molecule has 2 N–H and O–H groups in total. The lowest BCUT2D eigenvalue weighted by Crippen LogP contribution is -2.44. The Hall–Kier alpha value is -1.71. The monoisotopic (exact) mass is 219 g/mol. The maximum absolute atomic E-state index is 11.4. The molecule has 0 spiro atoms. The van der Waals surface area contributed by atoms with Crippen molar-refractivity contribution in [2.45, 2.75) is 31.4 Å². The first-order valence-electron chi connectivity index (χ1n) is 5.28. The van der Waals surface area contributed by atoms with E-state index < -0.39 is 11.1 Å². The van der Waals surface area contributed by atoms with Crippen LogP contribution in [0.4, 0.5) is 5.69 Å². The summed E-state index contributed by atoms with van der Waals surface area (Å²) in [6.07, 6.45) is 0.340. The molecule has 1 fully saturated rings. The second-order valence-electron chi connectivity index (χ2n) is 4.87. The van der Waals surface area contributed by atoms with Crippen molar-refractivity contribution in [1.29, 1.82) is 0 Å². The average Bonchev–Trinajstić information content (AvgIpc) is 2.51. The third-order valence-electron chi connectivity index (χ3n) is 3.84. The number of anilines is 1. The van der Waals surface area contributed by atoms with Crippen molar-refractivity contribution in [3.05, 3.63) is 23.8 Å². The fourth-order valence-electron chi connectivity index (χ4n) is 2.70. The molecular weight excluding hydrogens is 206 g/mol. The molecule has 3 rings (SSSR count). The van der Waals surface area contributed by atoms with Crippen LogP contribution in [0, 0.1) is 0 Å². The summed E-state index contributed by atoms with van der Waals surface area (Å²) >= 11 is 0. The van der Waals surface area contributed by atoms with E-state index in [1.54, 1.807) is 12.1 Å². The van der Waals surface area contributed by atoms with Gasteiger partial charge in [0.1, 0.15) is 5.75 Å². The molecule has 84 valence electrons. The van der Waals surface area contributed by atoms with Gasteiger partial charge in [-0.3, -0.25) is 4.79 Å². The largest absolute Gasteiger partial charge is 0.508 e. The molecule has 2 unspecified atom stereocenters. The topological polar surface area (TPSA) is 58.6 Å².